The summed E-state index contributed by atoms with van der Waals surface area (Å²) in [6.07, 6.45) is 2.22. The number of rotatable bonds is 0. The molecule has 0 saturated carbocycles. The second kappa shape index (κ2) is 1.67. The maximum absolute atomic E-state index is 4.33. The molecule has 2 nitrogen and oxygen atoms in total. The van der Waals surface area contributed by atoms with Crippen molar-refractivity contribution in [1.29, 1.82) is 0 Å². The van der Waals surface area contributed by atoms with Crippen LogP contribution in [0.2, 0.25) is 0 Å². The summed E-state index contributed by atoms with van der Waals surface area (Å²) in [4.78, 5) is 6.61. The maximum Gasteiger partial charge on any atom is 0.0581 e. The summed E-state index contributed by atoms with van der Waals surface area (Å²) in [5.74, 6) is 0. The third-order valence-electron chi connectivity index (χ3n) is 1.85. The van der Waals surface area contributed by atoms with Crippen molar-refractivity contribution in [1.82, 2.24) is 4.90 Å². The van der Waals surface area contributed by atoms with E-state index in [4.69, 9.17) is 0 Å². The Morgan fingerprint density at radius 3 is 3.22 bits per heavy atom. The zero-order valence-electron chi connectivity index (χ0n) is 5.59. The average molecular weight is 122 g/mol. The van der Waals surface area contributed by atoms with E-state index in [1.165, 1.54) is 11.3 Å². The Labute approximate surface area is 54.9 Å². The molecule has 0 atom stereocenters. The number of nitrogens with zero attached hydrogens (tertiary/aromatic N) is 2. The van der Waals surface area contributed by atoms with Crippen LogP contribution in [0.1, 0.15) is 0 Å². The monoisotopic (exact) mass is 122 g/mol. The van der Waals surface area contributed by atoms with Gasteiger partial charge in [-0.2, -0.15) is 0 Å². The summed E-state index contributed by atoms with van der Waals surface area (Å²) in [6, 6.07) is 0. The predicted molar refractivity (Wildman–Crippen MR) is 37.9 cm³/mol. The molecule has 1 saturated heterocycles. The lowest BCUT2D eigenvalue weighted by molar-refractivity contribution is 0.444. The Hall–Kier alpha value is -0.630. The molecular weight excluding hydrogens is 112 g/mol. The molecule has 0 amide bonds. The molecule has 0 bridgehead atoms. The molecule has 2 aliphatic heterocycles. The van der Waals surface area contributed by atoms with Crippen LogP contribution in [-0.2, 0) is 0 Å². The fourth-order valence-electron chi connectivity index (χ4n) is 1.40. The van der Waals surface area contributed by atoms with E-state index < -0.39 is 0 Å². The molecule has 0 aromatic heterocycles. The van der Waals surface area contributed by atoms with Crippen LogP contribution < -0.4 is 0 Å². The summed E-state index contributed by atoms with van der Waals surface area (Å²) < 4.78 is 0. The second-order valence-corrected chi connectivity index (χ2v) is 2.69. The first-order valence-corrected chi connectivity index (χ1v) is 3.27. The van der Waals surface area contributed by atoms with E-state index in [0.29, 0.717) is 0 Å². The standard InChI is InChI=1S/C7H10N2/c1-9-4-6-2-3-8-7(6)5-9/h2H,3-5H2,1H3. The van der Waals surface area contributed by atoms with Crippen molar-refractivity contribution in [2.45, 2.75) is 0 Å². The average Bonchev–Trinajstić information content (AvgIpc) is 2.22. The first-order chi connectivity index (χ1) is 4.36. The van der Waals surface area contributed by atoms with Gasteiger partial charge in [0.15, 0.2) is 0 Å². The number of likely N-dealkylation sites (tertiary alicyclic amines) is 1. The minimum atomic E-state index is 0.929. The highest BCUT2D eigenvalue weighted by molar-refractivity contribution is 6.05. The van der Waals surface area contributed by atoms with Gasteiger partial charge in [-0.3, -0.25) is 9.89 Å². The summed E-state index contributed by atoms with van der Waals surface area (Å²) in [7, 11) is 2.13. The number of likely N-dealkylation sites (N-methyl/N-ethyl adjacent to an activating group) is 1. The topological polar surface area (TPSA) is 15.6 Å². The highest BCUT2D eigenvalue weighted by Gasteiger charge is 2.21. The Balaban J connectivity index is 2.28. The van der Waals surface area contributed by atoms with E-state index in [2.05, 4.69) is 23.0 Å². The lowest BCUT2D eigenvalue weighted by atomic mass is 10.2. The van der Waals surface area contributed by atoms with Crippen LogP contribution in [0.5, 0.6) is 0 Å². The van der Waals surface area contributed by atoms with Gasteiger partial charge in [0, 0.05) is 13.1 Å². The summed E-state index contributed by atoms with van der Waals surface area (Å²) in [5.41, 5.74) is 2.77. The number of aliphatic imine (C=N–C) groups is 1. The van der Waals surface area contributed by atoms with Crippen LogP contribution in [0.3, 0.4) is 0 Å². The molecule has 0 aliphatic carbocycles. The van der Waals surface area contributed by atoms with Gasteiger partial charge in [-0.1, -0.05) is 6.08 Å². The summed E-state index contributed by atoms with van der Waals surface area (Å²) >= 11 is 0. The van der Waals surface area contributed by atoms with Crippen molar-refractivity contribution in [3.8, 4) is 0 Å². The van der Waals surface area contributed by atoms with Crippen LogP contribution in [0.25, 0.3) is 0 Å². The Morgan fingerprint density at radius 2 is 2.44 bits per heavy atom. The first-order valence-electron chi connectivity index (χ1n) is 3.27. The van der Waals surface area contributed by atoms with E-state index in [0.717, 1.165) is 19.6 Å². The zero-order chi connectivity index (χ0) is 6.27. The molecule has 0 spiro atoms. The highest BCUT2D eigenvalue weighted by Crippen LogP contribution is 2.14. The summed E-state index contributed by atoms with van der Waals surface area (Å²) in [5, 5.41) is 0. The highest BCUT2D eigenvalue weighted by atomic mass is 15.1. The van der Waals surface area contributed by atoms with Gasteiger partial charge in [-0.25, -0.2) is 0 Å². The van der Waals surface area contributed by atoms with Crippen LogP contribution >= 0.6 is 0 Å². The third-order valence-corrected chi connectivity index (χ3v) is 1.85. The molecule has 0 unspecified atom stereocenters. The van der Waals surface area contributed by atoms with Gasteiger partial charge in [0.2, 0.25) is 0 Å². The summed E-state index contributed by atoms with van der Waals surface area (Å²) in [6.45, 7) is 3.10. The van der Waals surface area contributed by atoms with E-state index in [-0.39, 0.29) is 0 Å². The van der Waals surface area contributed by atoms with Crippen LogP contribution in [0.4, 0.5) is 0 Å². The van der Waals surface area contributed by atoms with Gasteiger partial charge in [0.05, 0.1) is 12.3 Å². The Morgan fingerprint density at radius 1 is 1.56 bits per heavy atom. The first kappa shape index (κ1) is 5.18. The predicted octanol–water partition coefficient (Wildman–Crippen LogP) is 0.313. The van der Waals surface area contributed by atoms with E-state index in [9.17, 15) is 0 Å². The SMILES string of the molecule is CN1CC2=CCN=C2C1. The normalized spacial score (nSPS) is 25.9. The van der Waals surface area contributed by atoms with Crippen molar-refractivity contribution in [3.05, 3.63) is 11.6 Å². The molecule has 0 aromatic rings. The number of hydrogen-bond donors (Lipinski definition) is 0. The van der Waals surface area contributed by atoms with E-state index in [1.807, 2.05) is 0 Å². The molecule has 2 rings (SSSR count). The quantitative estimate of drug-likeness (QED) is 0.451. The smallest absolute Gasteiger partial charge is 0.0581 e. The largest absolute Gasteiger partial charge is 0.296 e. The molecule has 0 aromatic carbocycles. The lowest BCUT2D eigenvalue weighted by Gasteiger charge is -2.01. The number of hydrogen-bond acceptors (Lipinski definition) is 2. The Bertz CT molecular complexity index is 171. The zero-order valence-corrected chi connectivity index (χ0v) is 5.59. The van der Waals surface area contributed by atoms with E-state index in [1.54, 1.807) is 0 Å². The second-order valence-electron chi connectivity index (χ2n) is 2.69. The molecule has 2 heterocycles. The van der Waals surface area contributed by atoms with E-state index >= 15 is 0 Å². The Kier molecular flexibility index (Phi) is 0.963. The van der Waals surface area contributed by atoms with Gasteiger partial charge in [0.1, 0.15) is 0 Å². The van der Waals surface area contributed by atoms with Crippen LogP contribution in [-0.4, -0.2) is 37.3 Å². The fraction of sp³-hybridized carbons (Fsp3) is 0.571. The van der Waals surface area contributed by atoms with Crippen molar-refractivity contribution >= 4 is 5.71 Å². The number of fused-ring (bicyclic) bond motifs is 1. The van der Waals surface area contributed by atoms with Crippen molar-refractivity contribution < 1.29 is 0 Å². The molecule has 2 aliphatic rings. The lowest BCUT2D eigenvalue weighted by Crippen LogP contribution is -2.13. The fourth-order valence-corrected chi connectivity index (χ4v) is 1.40. The van der Waals surface area contributed by atoms with Gasteiger partial charge in [-0.05, 0) is 12.6 Å². The minimum Gasteiger partial charge on any atom is -0.296 e. The van der Waals surface area contributed by atoms with Crippen molar-refractivity contribution in [3.63, 3.8) is 0 Å². The third kappa shape index (κ3) is 0.704. The molecule has 0 N–H and O–H groups in total. The van der Waals surface area contributed by atoms with Gasteiger partial charge in [0.25, 0.3) is 0 Å². The van der Waals surface area contributed by atoms with Crippen molar-refractivity contribution in [2.75, 3.05) is 26.7 Å². The van der Waals surface area contributed by atoms with Gasteiger partial charge >= 0.3 is 0 Å². The van der Waals surface area contributed by atoms with Gasteiger partial charge < -0.3 is 0 Å². The molecule has 2 heteroatoms. The molecular formula is C7H10N2. The maximum atomic E-state index is 4.33. The molecule has 1 fully saturated rings. The molecule has 48 valence electrons. The molecule has 0 radical (unpaired) electrons. The van der Waals surface area contributed by atoms with Crippen molar-refractivity contribution in [2.24, 2.45) is 4.99 Å². The molecule has 9 heavy (non-hydrogen) atoms. The minimum absolute atomic E-state index is 0.929. The van der Waals surface area contributed by atoms with Crippen LogP contribution in [0.15, 0.2) is 16.6 Å². The van der Waals surface area contributed by atoms with Crippen LogP contribution in [0, 0.1) is 0 Å². The van der Waals surface area contributed by atoms with Gasteiger partial charge in [-0.15, -0.1) is 0 Å².